The molecular weight excluding hydrogens is 424 g/mol. The van der Waals surface area contributed by atoms with Gasteiger partial charge in [-0.25, -0.2) is 9.59 Å². The van der Waals surface area contributed by atoms with Crippen LogP contribution in [0.2, 0.25) is 5.02 Å². The molecule has 1 aliphatic rings. The first kappa shape index (κ1) is 22.2. The summed E-state index contributed by atoms with van der Waals surface area (Å²) < 4.78 is 4.91. The normalized spacial score (nSPS) is 12.5. The molecule has 31 heavy (non-hydrogen) atoms. The van der Waals surface area contributed by atoms with Crippen LogP contribution in [0.3, 0.4) is 0 Å². The van der Waals surface area contributed by atoms with Crippen molar-refractivity contribution in [2.75, 3.05) is 6.61 Å². The minimum absolute atomic E-state index is 0.0850. The molecule has 160 valence electrons. The van der Waals surface area contributed by atoms with Crippen LogP contribution < -0.4 is 10.6 Å². The van der Waals surface area contributed by atoms with E-state index in [0.29, 0.717) is 0 Å². The van der Waals surface area contributed by atoms with Crippen molar-refractivity contribution in [2.45, 2.75) is 26.3 Å². The number of ketones is 2. The van der Waals surface area contributed by atoms with E-state index in [4.69, 9.17) is 16.3 Å². The van der Waals surface area contributed by atoms with Gasteiger partial charge in [0, 0.05) is 22.2 Å². The van der Waals surface area contributed by atoms with Gasteiger partial charge in [-0.2, -0.15) is 0 Å². The Balaban J connectivity index is 1.75. The van der Waals surface area contributed by atoms with E-state index in [1.54, 1.807) is 39.0 Å². The van der Waals surface area contributed by atoms with Gasteiger partial charge in [0.15, 0.2) is 18.2 Å². The lowest BCUT2D eigenvalue weighted by Crippen LogP contribution is -2.49. The van der Waals surface area contributed by atoms with Crippen LogP contribution in [-0.2, 0) is 9.53 Å². The van der Waals surface area contributed by atoms with E-state index in [-0.39, 0.29) is 38.6 Å². The second kappa shape index (κ2) is 8.31. The zero-order chi connectivity index (χ0) is 22.9. The van der Waals surface area contributed by atoms with Crippen molar-refractivity contribution in [3.8, 4) is 0 Å². The number of hydrogen-bond donors (Lipinski definition) is 2. The maximum Gasteiger partial charge on any atom is 0.340 e. The third-order valence-corrected chi connectivity index (χ3v) is 4.72. The van der Waals surface area contributed by atoms with Crippen molar-refractivity contribution >= 4 is 41.1 Å². The molecule has 2 aromatic carbocycles. The summed E-state index contributed by atoms with van der Waals surface area (Å²) in [6, 6.07) is 8.17. The minimum atomic E-state index is -0.974. The van der Waals surface area contributed by atoms with Gasteiger partial charge >= 0.3 is 12.0 Å². The number of carbonyl (C=O) groups is 5. The molecule has 2 aromatic rings. The standard InChI is InChI=1S/C22H19ClN2O6/c1-22(2,3)25-21(30)24-15(26)10-31-20(29)14-9-8-13-16(17(14)23)19(28)12-7-5-4-6-11(12)18(13)27/h4-9H,10H2,1-3H3,(H2,24,25,26,30). The molecule has 9 heteroatoms. The third kappa shape index (κ3) is 4.64. The first-order chi connectivity index (χ1) is 14.5. The minimum Gasteiger partial charge on any atom is -0.452 e. The molecule has 0 fully saturated rings. The molecule has 3 amide bonds. The lowest BCUT2D eigenvalue weighted by molar-refractivity contribution is -0.123. The van der Waals surface area contributed by atoms with Crippen LogP contribution in [0.5, 0.6) is 0 Å². The Kier molecular flexibility index (Phi) is 5.94. The Labute approximate surface area is 182 Å². The number of amides is 3. The number of hydrogen-bond acceptors (Lipinski definition) is 6. The largest absolute Gasteiger partial charge is 0.452 e. The Hall–Kier alpha value is -3.52. The highest BCUT2D eigenvalue weighted by Gasteiger charge is 2.33. The number of imide groups is 1. The monoisotopic (exact) mass is 442 g/mol. The van der Waals surface area contributed by atoms with Gasteiger partial charge in [0.25, 0.3) is 5.91 Å². The molecule has 0 heterocycles. The Morgan fingerprint density at radius 1 is 0.935 bits per heavy atom. The van der Waals surface area contributed by atoms with Gasteiger partial charge in [0.2, 0.25) is 0 Å². The molecule has 8 nitrogen and oxygen atoms in total. The fourth-order valence-corrected chi connectivity index (χ4v) is 3.37. The maximum atomic E-state index is 12.9. The molecule has 0 saturated carbocycles. The number of esters is 1. The van der Waals surface area contributed by atoms with E-state index >= 15 is 0 Å². The van der Waals surface area contributed by atoms with E-state index < -0.39 is 35.8 Å². The first-order valence-corrected chi connectivity index (χ1v) is 9.67. The van der Waals surface area contributed by atoms with Gasteiger partial charge < -0.3 is 10.1 Å². The van der Waals surface area contributed by atoms with Crippen LogP contribution in [0.15, 0.2) is 36.4 Å². The number of rotatable bonds is 3. The predicted molar refractivity (Wildman–Crippen MR) is 111 cm³/mol. The molecule has 3 rings (SSSR count). The smallest absolute Gasteiger partial charge is 0.340 e. The zero-order valence-corrected chi connectivity index (χ0v) is 17.8. The highest BCUT2D eigenvalue weighted by atomic mass is 35.5. The zero-order valence-electron chi connectivity index (χ0n) is 17.0. The SMILES string of the molecule is CC(C)(C)NC(=O)NC(=O)COC(=O)c1ccc2c(c1Cl)C(=O)c1ccccc1C2=O. The number of fused-ring (bicyclic) bond motifs is 2. The van der Waals surface area contributed by atoms with Crippen LogP contribution in [0.1, 0.15) is 63.0 Å². The summed E-state index contributed by atoms with van der Waals surface area (Å²) in [5.74, 6) is -2.68. The molecule has 1 aliphatic carbocycles. The number of nitrogens with one attached hydrogen (secondary N) is 2. The Bertz CT molecular complexity index is 1130. The van der Waals surface area contributed by atoms with Crippen LogP contribution >= 0.6 is 11.6 Å². The van der Waals surface area contributed by atoms with Gasteiger partial charge in [-0.15, -0.1) is 0 Å². The van der Waals surface area contributed by atoms with Crippen LogP contribution in [0.25, 0.3) is 0 Å². The molecule has 0 atom stereocenters. The van der Waals surface area contributed by atoms with Crippen molar-refractivity contribution in [3.05, 3.63) is 69.2 Å². The highest BCUT2D eigenvalue weighted by molar-refractivity contribution is 6.41. The maximum absolute atomic E-state index is 12.9. The average Bonchev–Trinajstić information content (AvgIpc) is 2.68. The van der Waals surface area contributed by atoms with Gasteiger partial charge in [0.05, 0.1) is 16.1 Å². The van der Waals surface area contributed by atoms with Crippen molar-refractivity contribution in [2.24, 2.45) is 0 Å². The number of benzene rings is 2. The van der Waals surface area contributed by atoms with Crippen molar-refractivity contribution in [3.63, 3.8) is 0 Å². The lowest BCUT2D eigenvalue weighted by Gasteiger charge is -2.20. The molecule has 0 aromatic heterocycles. The van der Waals surface area contributed by atoms with E-state index in [0.717, 1.165) is 0 Å². The fraction of sp³-hybridized carbons (Fsp3) is 0.227. The van der Waals surface area contributed by atoms with Gasteiger partial charge in [-0.05, 0) is 32.9 Å². The molecular formula is C22H19ClN2O6. The van der Waals surface area contributed by atoms with Crippen LogP contribution in [0, 0.1) is 0 Å². The van der Waals surface area contributed by atoms with E-state index in [9.17, 15) is 24.0 Å². The molecule has 0 unspecified atom stereocenters. The summed E-state index contributed by atoms with van der Waals surface area (Å²) in [5, 5.41) is 4.33. The topological polar surface area (TPSA) is 119 Å². The lowest BCUT2D eigenvalue weighted by atomic mass is 9.83. The van der Waals surface area contributed by atoms with E-state index in [1.165, 1.54) is 18.2 Å². The number of urea groups is 1. The highest BCUT2D eigenvalue weighted by Crippen LogP contribution is 2.34. The van der Waals surface area contributed by atoms with Gasteiger partial charge in [0.1, 0.15) is 0 Å². The van der Waals surface area contributed by atoms with Crippen LogP contribution in [0.4, 0.5) is 4.79 Å². The van der Waals surface area contributed by atoms with Crippen LogP contribution in [-0.4, -0.2) is 41.6 Å². The Morgan fingerprint density at radius 2 is 1.55 bits per heavy atom. The summed E-state index contributed by atoms with van der Waals surface area (Å²) in [7, 11) is 0. The van der Waals surface area contributed by atoms with Gasteiger partial charge in [-0.3, -0.25) is 19.7 Å². The molecule has 0 spiro atoms. The predicted octanol–water partition coefficient (Wildman–Crippen LogP) is 2.90. The second-order valence-electron chi connectivity index (χ2n) is 7.88. The quantitative estimate of drug-likeness (QED) is 0.602. The molecule has 0 saturated heterocycles. The summed E-state index contributed by atoms with van der Waals surface area (Å²) >= 11 is 6.28. The number of carbonyl (C=O) groups excluding carboxylic acids is 5. The average molecular weight is 443 g/mol. The van der Waals surface area contributed by atoms with E-state index in [1.807, 2.05) is 5.32 Å². The summed E-state index contributed by atoms with van der Waals surface area (Å²) in [4.78, 5) is 61.5. The molecule has 0 radical (unpaired) electrons. The molecule has 0 aliphatic heterocycles. The van der Waals surface area contributed by atoms with Crippen molar-refractivity contribution in [1.82, 2.24) is 10.6 Å². The summed E-state index contributed by atoms with van der Waals surface area (Å²) in [5.41, 5.74) is -0.280. The van der Waals surface area contributed by atoms with Crippen molar-refractivity contribution < 1.29 is 28.7 Å². The number of ether oxygens (including phenoxy) is 1. The fourth-order valence-electron chi connectivity index (χ4n) is 3.05. The molecule has 2 N–H and O–H groups in total. The van der Waals surface area contributed by atoms with Gasteiger partial charge in [-0.1, -0.05) is 35.9 Å². The van der Waals surface area contributed by atoms with Crippen molar-refractivity contribution in [1.29, 1.82) is 0 Å². The summed E-state index contributed by atoms with van der Waals surface area (Å²) in [6.07, 6.45) is 0. The summed E-state index contributed by atoms with van der Waals surface area (Å²) in [6.45, 7) is 4.47. The first-order valence-electron chi connectivity index (χ1n) is 9.29. The van der Waals surface area contributed by atoms with E-state index in [2.05, 4.69) is 5.32 Å². The molecule has 0 bridgehead atoms. The number of halogens is 1. The second-order valence-corrected chi connectivity index (χ2v) is 8.26. The Morgan fingerprint density at radius 3 is 2.16 bits per heavy atom. The third-order valence-electron chi connectivity index (χ3n) is 4.33.